The van der Waals surface area contributed by atoms with Gasteiger partial charge in [0.15, 0.2) is 0 Å². The summed E-state index contributed by atoms with van der Waals surface area (Å²) >= 11 is 0. The Bertz CT molecular complexity index is 379. The van der Waals surface area contributed by atoms with Crippen LogP contribution in [-0.4, -0.2) is 30.3 Å². The number of hydrogen-bond donors (Lipinski definition) is 0. The lowest BCUT2D eigenvalue weighted by Crippen LogP contribution is -2.53. The minimum absolute atomic E-state index is 0.00883. The van der Waals surface area contributed by atoms with Crippen LogP contribution in [0.3, 0.4) is 0 Å². The SMILES string of the molecule is C=CCC1O[C@H](CC)[C@H](C)[C@H](OC(C)=O)[C@@H]1N=[N+]=[N-]. The lowest BCUT2D eigenvalue weighted by atomic mass is 9.84. The molecule has 0 amide bonds. The van der Waals surface area contributed by atoms with E-state index in [-0.39, 0.29) is 24.1 Å². The molecule has 1 fully saturated rings. The number of esters is 1. The summed E-state index contributed by atoms with van der Waals surface area (Å²) in [6.07, 6.45) is 2.34. The maximum Gasteiger partial charge on any atom is 0.302 e. The third-order valence-electron chi connectivity index (χ3n) is 3.46. The summed E-state index contributed by atoms with van der Waals surface area (Å²) < 4.78 is 11.3. The summed E-state index contributed by atoms with van der Waals surface area (Å²) in [5.41, 5.74) is 8.70. The average molecular weight is 267 g/mol. The Kier molecular flexibility index (Phi) is 5.86. The molecule has 6 heteroatoms. The zero-order valence-electron chi connectivity index (χ0n) is 11.7. The third kappa shape index (κ3) is 3.72. The van der Waals surface area contributed by atoms with Gasteiger partial charge < -0.3 is 9.47 Å². The number of azide groups is 1. The van der Waals surface area contributed by atoms with Crippen LogP contribution in [0.15, 0.2) is 17.8 Å². The zero-order valence-corrected chi connectivity index (χ0v) is 11.7. The Labute approximate surface area is 113 Å². The number of rotatable bonds is 5. The van der Waals surface area contributed by atoms with Crippen LogP contribution in [0, 0.1) is 5.92 Å². The predicted octanol–water partition coefficient (Wildman–Crippen LogP) is 2.99. The van der Waals surface area contributed by atoms with Crippen molar-refractivity contribution in [2.45, 2.75) is 58.0 Å². The monoisotopic (exact) mass is 267 g/mol. The molecule has 19 heavy (non-hydrogen) atoms. The highest BCUT2D eigenvalue weighted by atomic mass is 16.6. The van der Waals surface area contributed by atoms with Crippen LogP contribution < -0.4 is 0 Å². The summed E-state index contributed by atoms with van der Waals surface area (Å²) in [7, 11) is 0. The fraction of sp³-hybridized carbons (Fsp3) is 0.769. The van der Waals surface area contributed by atoms with Gasteiger partial charge in [0.2, 0.25) is 0 Å². The van der Waals surface area contributed by atoms with Crippen LogP contribution in [0.25, 0.3) is 10.4 Å². The Hall–Kier alpha value is -1.52. The molecule has 0 saturated carbocycles. The van der Waals surface area contributed by atoms with E-state index in [1.165, 1.54) is 6.92 Å². The number of nitrogens with zero attached hydrogens (tertiary/aromatic N) is 3. The van der Waals surface area contributed by atoms with Gasteiger partial charge in [0, 0.05) is 17.8 Å². The molecule has 0 spiro atoms. The first-order chi connectivity index (χ1) is 9.04. The van der Waals surface area contributed by atoms with Gasteiger partial charge in [0.25, 0.3) is 0 Å². The van der Waals surface area contributed by atoms with Crippen LogP contribution in [0.2, 0.25) is 0 Å². The van der Waals surface area contributed by atoms with Gasteiger partial charge in [-0.05, 0) is 18.4 Å². The Morgan fingerprint density at radius 2 is 2.26 bits per heavy atom. The van der Waals surface area contributed by atoms with E-state index in [0.29, 0.717) is 6.42 Å². The molecule has 1 aliphatic heterocycles. The van der Waals surface area contributed by atoms with Gasteiger partial charge in [0.1, 0.15) is 12.1 Å². The number of hydrogen-bond acceptors (Lipinski definition) is 4. The number of carbonyl (C=O) groups is 1. The second-order valence-corrected chi connectivity index (χ2v) is 4.77. The van der Waals surface area contributed by atoms with Crippen molar-refractivity contribution in [3.05, 3.63) is 23.1 Å². The minimum atomic E-state index is -0.510. The molecule has 1 saturated heterocycles. The molecule has 1 aliphatic rings. The molecule has 5 atom stereocenters. The lowest BCUT2D eigenvalue weighted by Gasteiger charge is -2.43. The van der Waals surface area contributed by atoms with E-state index in [0.717, 1.165) is 6.42 Å². The van der Waals surface area contributed by atoms with Crippen molar-refractivity contribution in [1.82, 2.24) is 0 Å². The number of ether oxygens (including phenoxy) is 2. The van der Waals surface area contributed by atoms with Gasteiger partial charge in [-0.25, -0.2) is 0 Å². The van der Waals surface area contributed by atoms with E-state index in [1.54, 1.807) is 6.08 Å². The van der Waals surface area contributed by atoms with Crippen LogP contribution in [0.4, 0.5) is 0 Å². The molecule has 0 aromatic rings. The van der Waals surface area contributed by atoms with E-state index in [2.05, 4.69) is 16.6 Å². The first kappa shape index (κ1) is 15.5. The van der Waals surface area contributed by atoms with Crippen LogP contribution in [0.1, 0.15) is 33.6 Å². The molecule has 0 aromatic carbocycles. The topological polar surface area (TPSA) is 84.3 Å². The van der Waals surface area contributed by atoms with Crippen LogP contribution >= 0.6 is 0 Å². The van der Waals surface area contributed by atoms with Crippen molar-refractivity contribution in [1.29, 1.82) is 0 Å². The largest absolute Gasteiger partial charge is 0.462 e. The van der Waals surface area contributed by atoms with Gasteiger partial charge in [-0.2, -0.15) is 0 Å². The molecule has 0 radical (unpaired) electrons. The molecule has 106 valence electrons. The van der Waals surface area contributed by atoms with Gasteiger partial charge >= 0.3 is 5.97 Å². The highest BCUT2D eigenvalue weighted by molar-refractivity contribution is 5.66. The Morgan fingerprint density at radius 1 is 1.58 bits per heavy atom. The standard InChI is InChI=1S/C13H21N3O3/c1-5-7-11-12(15-16-14)13(18-9(4)17)8(3)10(6-2)19-11/h5,8,10-13H,1,6-7H2,2-4H3/t8-,10+,11?,12+,13-/m0/s1. The van der Waals surface area contributed by atoms with Crippen LogP contribution in [0.5, 0.6) is 0 Å². The first-order valence-electron chi connectivity index (χ1n) is 6.52. The van der Waals surface area contributed by atoms with Gasteiger partial charge in [0.05, 0.1) is 12.2 Å². The van der Waals surface area contributed by atoms with Crippen molar-refractivity contribution in [2.75, 3.05) is 0 Å². The fourth-order valence-electron chi connectivity index (χ4n) is 2.56. The van der Waals surface area contributed by atoms with Gasteiger partial charge in [-0.1, -0.05) is 25.0 Å². The van der Waals surface area contributed by atoms with Gasteiger partial charge in [-0.3, -0.25) is 4.79 Å². The molecule has 0 aromatic heterocycles. The summed E-state index contributed by atoms with van der Waals surface area (Å²) in [6, 6.07) is -0.510. The van der Waals surface area contributed by atoms with Crippen molar-refractivity contribution < 1.29 is 14.3 Å². The fourth-order valence-corrected chi connectivity index (χ4v) is 2.56. The molecule has 6 nitrogen and oxygen atoms in total. The van der Waals surface area contributed by atoms with Gasteiger partial charge in [-0.15, -0.1) is 6.58 Å². The normalized spacial score (nSPS) is 34.2. The Balaban J connectivity index is 3.03. The first-order valence-corrected chi connectivity index (χ1v) is 6.52. The second kappa shape index (κ2) is 7.16. The summed E-state index contributed by atoms with van der Waals surface area (Å²) in [6.45, 7) is 9.01. The predicted molar refractivity (Wildman–Crippen MR) is 71.4 cm³/mol. The summed E-state index contributed by atoms with van der Waals surface area (Å²) in [5.74, 6) is -0.380. The maximum atomic E-state index is 11.2. The Morgan fingerprint density at radius 3 is 2.74 bits per heavy atom. The smallest absolute Gasteiger partial charge is 0.302 e. The van der Waals surface area contributed by atoms with Crippen molar-refractivity contribution in [2.24, 2.45) is 11.0 Å². The molecule has 0 N–H and O–H groups in total. The molecular formula is C13H21N3O3. The molecule has 1 heterocycles. The lowest BCUT2D eigenvalue weighted by molar-refractivity contribution is -0.177. The molecule has 1 unspecified atom stereocenters. The molecular weight excluding hydrogens is 246 g/mol. The summed E-state index contributed by atoms with van der Waals surface area (Å²) in [5, 5.41) is 3.77. The quantitative estimate of drug-likeness (QED) is 0.252. The summed E-state index contributed by atoms with van der Waals surface area (Å²) in [4.78, 5) is 14.1. The third-order valence-corrected chi connectivity index (χ3v) is 3.46. The van der Waals surface area contributed by atoms with E-state index >= 15 is 0 Å². The van der Waals surface area contributed by atoms with E-state index in [9.17, 15) is 4.79 Å². The molecule has 0 aliphatic carbocycles. The zero-order chi connectivity index (χ0) is 14.4. The highest BCUT2D eigenvalue weighted by Gasteiger charge is 2.44. The molecule has 0 bridgehead atoms. The van der Waals surface area contributed by atoms with Crippen molar-refractivity contribution >= 4 is 5.97 Å². The van der Waals surface area contributed by atoms with E-state index in [4.69, 9.17) is 15.0 Å². The minimum Gasteiger partial charge on any atom is -0.462 e. The van der Waals surface area contributed by atoms with E-state index < -0.39 is 12.1 Å². The van der Waals surface area contributed by atoms with Crippen molar-refractivity contribution in [3.8, 4) is 0 Å². The van der Waals surface area contributed by atoms with Crippen LogP contribution in [-0.2, 0) is 14.3 Å². The highest BCUT2D eigenvalue weighted by Crippen LogP contribution is 2.33. The average Bonchev–Trinajstić information content (AvgIpc) is 2.36. The maximum absolute atomic E-state index is 11.2. The molecule has 1 rings (SSSR count). The van der Waals surface area contributed by atoms with E-state index in [1.807, 2.05) is 13.8 Å². The number of carbonyl (C=O) groups excluding carboxylic acids is 1. The van der Waals surface area contributed by atoms with Crippen molar-refractivity contribution in [3.63, 3.8) is 0 Å². The second-order valence-electron chi connectivity index (χ2n) is 4.77.